The molecule has 1 saturated heterocycles. The van der Waals surface area contributed by atoms with Gasteiger partial charge in [-0.25, -0.2) is 0 Å². The van der Waals surface area contributed by atoms with Gasteiger partial charge in [0.1, 0.15) is 5.75 Å². The van der Waals surface area contributed by atoms with Gasteiger partial charge in [-0.05, 0) is 63.0 Å². The van der Waals surface area contributed by atoms with E-state index in [0.717, 1.165) is 37.8 Å². The maximum absolute atomic E-state index is 6.17. The second-order valence-corrected chi connectivity index (χ2v) is 5.43. The fraction of sp³-hybridized carbons (Fsp3) is 0.600. The summed E-state index contributed by atoms with van der Waals surface area (Å²) < 4.78 is 5.43. The molecule has 1 aromatic rings. The van der Waals surface area contributed by atoms with Crippen LogP contribution in [0.1, 0.15) is 25.3 Å². The van der Waals surface area contributed by atoms with E-state index in [4.69, 9.17) is 16.3 Å². The van der Waals surface area contributed by atoms with Gasteiger partial charge in [0, 0.05) is 6.54 Å². The van der Waals surface area contributed by atoms with Crippen molar-refractivity contribution in [2.75, 3.05) is 26.2 Å². The maximum atomic E-state index is 6.17. The first-order chi connectivity index (χ1) is 9.29. The molecule has 0 saturated carbocycles. The summed E-state index contributed by atoms with van der Waals surface area (Å²) in [4.78, 5) is 0. The second-order valence-electron chi connectivity index (χ2n) is 5.02. The number of nitrogens with one attached hydrogen (secondary N) is 2. The third kappa shape index (κ3) is 5.49. The van der Waals surface area contributed by atoms with Crippen molar-refractivity contribution in [1.82, 2.24) is 10.6 Å². The van der Waals surface area contributed by atoms with Crippen molar-refractivity contribution in [2.24, 2.45) is 5.92 Å². The second kappa shape index (κ2) is 9.46. The Morgan fingerprint density at radius 2 is 2.10 bits per heavy atom. The molecule has 1 fully saturated rings. The minimum absolute atomic E-state index is 0. The first-order valence-electron chi connectivity index (χ1n) is 7.12. The van der Waals surface area contributed by atoms with Crippen molar-refractivity contribution in [2.45, 2.75) is 26.3 Å². The molecule has 0 unspecified atom stereocenters. The fourth-order valence-corrected chi connectivity index (χ4v) is 2.69. The molecule has 3 nitrogen and oxygen atoms in total. The van der Waals surface area contributed by atoms with Crippen LogP contribution in [0.25, 0.3) is 0 Å². The molecular formula is C15H24Cl2N2O. The number of rotatable bonds is 6. The van der Waals surface area contributed by atoms with Gasteiger partial charge in [0.05, 0.1) is 11.6 Å². The van der Waals surface area contributed by atoms with Gasteiger partial charge >= 0.3 is 0 Å². The Morgan fingerprint density at radius 3 is 2.75 bits per heavy atom. The lowest BCUT2D eigenvalue weighted by Gasteiger charge is -2.22. The first-order valence-corrected chi connectivity index (χ1v) is 7.50. The smallest absolute Gasteiger partial charge is 0.137 e. The minimum Gasteiger partial charge on any atom is -0.492 e. The SMILES string of the molecule is CCOc1ccc(CNCC2CCNCC2)cc1Cl.Cl. The number of benzene rings is 1. The van der Waals surface area contributed by atoms with E-state index in [0.29, 0.717) is 11.6 Å². The molecule has 20 heavy (non-hydrogen) atoms. The van der Waals surface area contributed by atoms with E-state index in [1.807, 2.05) is 19.1 Å². The summed E-state index contributed by atoms with van der Waals surface area (Å²) in [6, 6.07) is 6.02. The van der Waals surface area contributed by atoms with E-state index in [1.165, 1.54) is 18.4 Å². The van der Waals surface area contributed by atoms with Gasteiger partial charge in [0.2, 0.25) is 0 Å². The van der Waals surface area contributed by atoms with Crippen LogP contribution in [0.2, 0.25) is 5.02 Å². The molecule has 1 aliphatic rings. The highest BCUT2D eigenvalue weighted by molar-refractivity contribution is 6.32. The third-order valence-corrected chi connectivity index (χ3v) is 3.81. The zero-order chi connectivity index (χ0) is 13.5. The number of ether oxygens (including phenoxy) is 1. The van der Waals surface area contributed by atoms with E-state index >= 15 is 0 Å². The largest absolute Gasteiger partial charge is 0.492 e. The van der Waals surface area contributed by atoms with Gasteiger partial charge in [-0.2, -0.15) is 0 Å². The summed E-state index contributed by atoms with van der Waals surface area (Å²) in [5.41, 5.74) is 1.21. The molecule has 0 aliphatic carbocycles. The Labute approximate surface area is 132 Å². The van der Waals surface area contributed by atoms with Crippen molar-refractivity contribution in [3.63, 3.8) is 0 Å². The first kappa shape index (κ1) is 17.6. The van der Waals surface area contributed by atoms with Crippen molar-refractivity contribution in [3.05, 3.63) is 28.8 Å². The fourth-order valence-electron chi connectivity index (χ4n) is 2.43. The van der Waals surface area contributed by atoms with E-state index in [2.05, 4.69) is 16.7 Å². The highest BCUT2D eigenvalue weighted by atomic mass is 35.5. The van der Waals surface area contributed by atoms with E-state index in [9.17, 15) is 0 Å². The van der Waals surface area contributed by atoms with Gasteiger partial charge < -0.3 is 15.4 Å². The standard InChI is InChI=1S/C15H23ClN2O.ClH/c1-2-19-15-4-3-13(9-14(15)16)11-18-10-12-5-7-17-8-6-12;/h3-4,9,12,17-18H,2,5-8,10-11H2,1H3;1H. The van der Waals surface area contributed by atoms with Crippen LogP contribution in [0.15, 0.2) is 18.2 Å². The van der Waals surface area contributed by atoms with Gasteiger partial charge in [-0.15, -0.1) is 12.4 Å². The Kier molecular flexibility index (Phi) is 8.31. The Bertz CT molecular complexity index is 395. The summed E-state index contributed by atoms with van der Waals surface area (Å²) in [6.07, 6.45) is 2.55. The lowest BCUT2D eigenvalue weighted by Crippen LogP contribution is -2.33. The summed E-state index contributed by atoms with van der Waals surface area (Å²) >= 11 is 6.17. The summed E-state index contributed by atoms with van der Waals surface area (Å²) in [6.45, 7) is 6.88. The molecule has 0 bridgehead atoms. The van der Waals surface area contributed by atoms with Crippen LogP contribution in [0.4, 0.5) is 0 Å². The summed E-state index contributed by atoms with van der Waals surface area (Å²) in [7, 11) is 0. The van der Waals surface area contributed by atoms with Gasteiger partial charge in [-0.3, -0.25) is 0 Å². The highest BCUT2D eigenvalue weighted by Gasteiger charge is 2.12. The number of hydrogen-bond acceptors (Lipinski definition) is 3. The maximum Gasteiger partial charge on any atom is 0.137 e. The van der Waals surface area contributed by atoms with Crippen LogP contribution >= 0.6 is 24.0 Å². The van der Waals surface area contributed by atoms with Crippen LogP contribution in [0.5, 0.6) is 5.75 Å². The molecule has 5 heteroatoms. The topological polar surface area (TPSA) is 33.3 Å². The van der Waals surface area contributed by atoms with Gasteiger partial charge in [0.15, 0.2) is 0 Å². The van der Waals surface area contributed by atoms with Crippen LogP contribution in [0.3, 0.4) is 0 Å². The van der Waals surface area contributed by atoms with E-state index in [1.54, 1.807) is 0 Å². The molecule has 0 spiro atoms. The molecule has 2 rings (SSSR count). The van der Waals surface area contributed by atoms with Crippen molar-refractivity contribution in [1.29, 1.82) is 0 Å². The average Bonchev–Trinajstić information content (AvgIpc) is 2.43. The quantitative estimate of drug-likeness (QED) is 0.844. The zero-order valence-corrected chi connectivity index (χ0v) is 13.5. The van der Waals surface area contributed by atoms with Crippen LogP contribution in [-0.4, -0.2) is 26.2 Å². The molecule has 0 radical (unpaired) electrons. The molecule has 2 N–H and O–H groups in total. The average molecular weight is 319 g/mol. The number of halogens is 2. The monoisotopic (exact) mass is 318 g/mol. The number of piperidine rings is 1. The lowest BCUT2D eigenvalue weighted by molar-refractivity contribution is 0.340. The van der Waals surface area contributed by atoms with Crippen molar-refractivity contribution in [3.8, 4) is 5.75 Å². The van der Waals surface area contributed by atoms with Crippen LogP contribution in [0, 0.1) is 5.92 Å². The molecule has 0 atom stereocenters. The molecule has 1 aliphatic heterocycles. The Balaban J connectivity index is 0.00000200. The van der Waals surface area contributed by atoms with Crippen LogP contribution < -0.4 is 15.4 Å². The molecular weight excluding hydrogens is 295 g/mol. The van der Waals surface area contributed by atoms with E-state index in [-0.39, 0.29) is 12.4 Å². The molecule has 0 aromatic heterocycles. The van der Waals surface area contributed by atoms with Crippen LogP contribution in [-0.2, 0) is 6.54 Å². The predicted molar refractivity (Wildman–Crippen MR) is 87.2 cm³/mol. The summed E-state index contributed by atoms with van der Waals surface area (Å²) in [5.74, 6) is 1.57. The number of hydrogen-bond donors (Lipinski definition) is 2. The normalized spacial score (nSPS) is 15.7. The highest BCUT2D eigenvalue weighted by Crippen LogP contribution is 2.25. The third-order valence-electron chi connectivity index (χ3n) is 3.52. The lowest BCUT2D eigenvalue weighted by atomic mass is 9.98. The molecule has 1 aromatic carbocycles. The van der Waals surface area contributed by atoms with Gasteiger partial charge in [-0.1, -0.05) is 17.7 Å². The predicted octanol–water partition coefficient (Wildman–Crippen LogP) is 3.25. The summed E-state index contributed by atoms with van der Waals surface area (Å²) in [5, 5.41) is 7.61. The molecule has 1 heterocycles. The minimum atomic E-state index is 0. The van der Waals surface area contributed by atoms with E-state index < -0.39 is 0 Å². The molecule has 114 valence electrons. The Hall–Kier alpha value is -0.480. The van der Waals surface area contributed by atoms with Gasteiger partial charge in [0.25, 0.3) is 0 Å². The molecule has 0 amide bonds. The van der Waals surface area contributed by atoms with Crippen molar-refractivity contribution < 1.29 is 4.74 Å². The van der Waals surface area contributed by atoms with Crippen molar-refractivity contribution >= 4 is 24.0 Å². The zero-order valence-electron chi connectivity index (χ0n) is 12.0. The Morgan fingerprint density at radius 1 is 1.35 bits per heavy atom.